The first kappa shape index (κ1) is 17.9. The van der Waals surface area contributed by atoms with Gasteiger partial charge in [0.05, 0.1) is 13.2 Å². The van der Waals surface area contributed by atoms with Gasteiger partial charge in [-0.1, -0.05) is 0 Å². The first-order valence-corrected chi connectivity index (χ1v) is 6.67. The Bertz CT molecular complexity index is 491. The highest BCUT2D eigenvalue weighted by Gasteiger charge is 2.51. The number of hydrogen-bond acceptors (Lipinski definition) is 11. The molecule has 0 aliphatic carbocycles. The number of aliphatic hydroxyl groups is 7. The summed E-state index contributed by atoms with van der Waals surface area (Å²) in [5.74, 6) is -5.28. The quantitative estimate of drug-likeness (QED) is 0.246. The molecule has 2 heterocycles. The molecule has 2 aliphatic rings. The van der Waals surface area contributed by atoms with Crippen LogP contribution >= 0.6 is 0 Å². The van der Waals surface area contributed by atoms with Gasteiger partial charge in [0, 0.05) is 0 Å². The van der Waals surface area contributed by atoms with Crippen molar-refractivity contribution < 1.29 is 54.8 Å². The molecule has 0 bridgehead atoms. The van der Waals surface area contributed by atoms with Crippen LogP contribution in [0.5, 0.6) is 0 Å². The van der Waals surface area contributed by atoms with Crippen molar-refractivity contribution in [3.05, 3.63) is 11.5 Å². The molecule has 6 atom stereocenters. The summed E-state index contributed by atoms with van der Waals surface area (Å²) >= 11 is 0. The van der Waals surface area contributed by atoms with E-state index >= 15 is 0 Å². The van der Waals surface area contributed by atoms with Gasteiger partial charge in [-0.05, 0) is 0 Å². The average Bonchev–Trinajstić information content (AvgIpc) is 2.80. The van der Waals surface area contributed by atoms with Gasteiger partial charge in [-0.3, -0.25) is 0 Å². The van der Waals surface area contributed by atoms with E-state index in [0.717, 1.165) is 0 Å². The lowest BCUT2D eigenvalue weighted by Crippen LogP contribution is -2.64. The van der Waals surface area contributed by atoms with Crippen LogP contribution in [0.25, 0.3) is 0 Å². The minimum absolute atomic E-state index is 0.445. The lowest BCUT2D eigenvalue weighted by Gasteiger charge is -2.44. The molecule has 0 saturated carbocycles. The van der Waals surface area contributed by atoms with E-state index in [1.807, 2.05) is 0 Å². The largest absolute Gasteiger partial charge is 0.505 e. The van der Waals surface area contributed by atoms with Crippen LogP contribution in [0.2, 0.25) is 0 Å². The molecule has 2 rings (SSSR count). The van der Waals surface area contributed by atoms with Crippen molar-refractivity contribution in [1.82, 2.24) is 0 Å². The molecule has 0 aromatic rings. The van der Waals surface area contributed by atoms with Crippen molar-refractivity contribution in [2.24, 2.45) is 0 Å². The Morgan fingerprint density at radius 2 is 1.96 bits per heavy atom. The summed E-state index contributed by atoms with van der Waals surface area (Å²) in [6.45, 7) is -2.06. The van der Waals surface area contributed by atoms with E-state index in [1.165, 1.54) is 0 Å². The Labute approximate surface area is 129 Å². The van der Waals surface area contributed by atoms with Crippen molar-refractivity contribution in [3.63, 3.8) is 0 Å². The lowest BCUT2D eigenvalue weighted by atomic mass is 9.97. The molecular weight excluding hydrogens is 320 g/mol. The van der Waals surface area contributed by atoms with Gasteiger partial charge in [-0.2, -0.15) is 0 Å². The normalized spacial score (nSPS) is 39.4. The van der Waals surface area contributed by atoms with Crippen LogP contribution < -0.4 is 0 Å². The number of rotatable bonds is 5. The molecule has 0 aromatic carbocycles. The molecule has 132 valence electrons. The Morgan fingerprint density at radius 1 is 1.30 bits per heavy atom. The van der Waals surface area contributed by atoms with Crippen molar-refractivity contribution >= 4 is 5.97 Å². The predicted molar refractivity (Wildman–Crippen MR) is 67.9 cm³/mol. The van der Waals surface area contributed by atoms with Gasteiger partial charge in [0.15, 0.2) is 11.9 Å². The molecule has 11 nitrogen and oxygen atoms in total. The van der Waals surface area contributed by atoms with Gasteiger partial charge in [-0.15, -0.1) is 0 Å². The molecule has 2 aliphatic heterocycles. The summed E-state index contributed by atoms with van der Waals surface area (Å²) in [5, 5.41) is 66.7. The Hall–Kier alpha value is -1.47. The maximum absolute atomic E-state index is 11.0. The van der Waals surface area contributed by atoms with Crippen molar-refractivity contribution in [3.8, 4) is 0 Å². The summed E-state index contributed by atoms with van der Waals surface area (Å²) in [6, 6.07) is 0. The summed E-state index contributed by atoms with van der Waals surface area (Å²) in [5.41, 5.74) is 0. The Morgan fingerprint density at radius 3 is 2.48 bits per heavy atom. The standard InChI is InChI=1S/C12H18O11/c13-3-12(10(19)6(16)4(14)1-21-12)22-2-5(15)9-7(17)8(18)11(20)23-9/h4-6,9-10,13-19H,1-3H2/t4-,5+,6-,9-,10+,12-/m1/s1. The molecule has 0 unspecified atom stereocenters. The van der Waals surface area contributed by atoms with E-state index < -0.39 is 73.6 Å². The number of ether oxygens (including phenoxy) is 3. The molecule has 0 radical (unpaired) electrons. The first-order chi connectivity index (χ1) is 10.7. The monoisotopic (exact) mass is 338 g/mol. The number of cyclic esters (lactones) is 1. The number of aliphatic hydroxyl groups excluding tert-OH is 7. The van der Waals surface area contributed by atoms with Crippen LogP contribution in [-0.2, 0) is 19.0 Å². The van der Waals surface area contributed by atoms with Crippen LogP contribution in [0, 0.1) is 0 Å². The van der Waals surface area contributed by atoms with Crippen molar-refractivity contribution in [2.75, 3.05) is 19.8 Å². The second-order valence-corrected chi connectivity index (χ2v) is 5.22. The topological polar surface area (TPSA) is 186 Å². The zero-order valence-electron chi connectivity index (χ0n) is 11.8. The van der Waals surface area contributed by atoms with E-state index in [-0.39, 0.29) is 0 Å². The first-order valence-electron chi connectivity index (χ1n) is 6.67. The van der Waals surface area contributed by atoms with Gasteiger partial charge >= 0.3 is 5.97 Å². The van der Waals surface area contributed by atoms with Crippen molar-refractivity contribution in [2.45, 2.75) is 36.3 Å². The molecule has 11 heteroatoms. The fourth-order valence-electron chi connectivity index (χ4n) is 2.23. The fourth-order valence-corrected chi connectivity index (χ4v) is 2.23. The van der Waals surface area contributed by atoms with E-state index in [4.69, 9.17) is 14.6 Å². The Balaban J connectivity index is 2.02. The molecule has 0 spiro atoms. The van der Waals surface area contributed by atoms with Crippen LogP contribution in [0.3, 0.4) is 0 Å². The van der Waals surface area contributed by atoms with Crippen LogP contribution in [0.4, 0.5) is 0 Å². The minimum atomic E-state index is -2.12. The van der Waals surface area contributed by atoms with Crippen LogP contribution in [0.15, 0.2) is 11.5 Å². The molecule has 0 aromatic heterocycles. The number of hydrogen-bond donors (Lipinski definition) is 7. The zero-order valence-corrected chi connectivity index (χ0v) is 11.8. The lowest BCUT2D eigenvalue weighted by molar-refractivity contribution is -0.353. The second-order valence-electron chi connectivity index (χ2n) is 5.22. The zero-order chi connectivity index (χ0) is 17.4. The average molecular weight is 338 g/mol. The highest BCUT2D eigenvalue weighted by molar-refractivity contribution is 5.89. The van der Waals surface area contributed by atoms with E-state index in [1.54, 1.807) is 0 Å². The second kappa shape index (κ2) is 6.57. The summed E-state index contributed by atoms with van der Waals surface area (Å²) in [6.07, 6.45) is -8.12. The van der Waals surface area contributed by atoms with Gasteiger partial charge in [0.2, 0.25) is 11.5 Å². The molecule has 1 fully saturated rings. The highest BCUT2D eigenvalue weighted by Crippen LogP contribution is 2.29. The number of carbonyl (C=O) groups is 1. The summed E-state index contributed by atoms with van der Waals surface area (Å²) in [7, 11) is 0. The van der Waals surface area contributed by atoms with Gasteiger partial charge in [-0.25, -0.2) is 4.79 Å². The van der Waals surface area contributed by atoms with Crippen LogP contribution in [-0.4, -0.2) is 97.8 Å². The fraction of sp³-hybridized carbons (Fsp3) is 0.750. The predicted octanol–water partition coefficient (Wildman–Crippen LogP) is -3.58. The third kappa shape index (κ3) is 3.12. The van der Waals surface area contributed by atoms with Gasteiger partial charge < -0.3 is 50.0 Å². The maximum atomic E-state index is 11.0. The van der Waals surface area contributed by atoms with Gasteiger partial charge in [0.25, 0.3) is 0 Å². The third-order valence-corrected chi connectivity index (χ3v) is 3.67. The minimum Gasteiger partial charge on any atom is -0.505 e. The molecule has 7 N–H and O–H groups in total. The summed E-state index contributed by atoms with van der Waals surface area (Å²) in [4.78, 5) is 11.0. The smallest absolute Gasteiger partial charge is 0.377 e. The molecule has 23 heavy (non-hydrogen) atoms. The van der Waals surface area contributed by atoms with E-state index in [0.29, 0.717) is 0 Å². The Kier molecular flexibility index (Phi) is 5.10. The highest BCUT2D eigenvalue weighted by atomic mass is 16.7. The number of esters is 1. The summed E-state index contributed by atoms with van der Waals surface area (Å²) < 4.78 is 14.6. The SMILES string of the molecule is O=C1O[C@H]([C@@H](O)CO[C@@]2(CO)OC[C@@H](O)[C@@H](O)[C@@H]2O)C(O)=C1O. The third-order valence-electron chi connectivity index (χ3n) is 3.67. The maximum Gasteiger partial charge on any atom is 0.377 e. The molecule has 0 amide bonds. The van der Waals surface area contributed by atoms with Crippen LogP contribution in [0.1, 0.15) is 0 Å². The molecule has 1 saturated heterocycles. The molecular formula is C12H18O11. The van der Waals surface area contributed by atoms with Crippen molar-refractivity contribution in [1.29, 1.82) is 0 Å². The number of carbonyl (C=O) groups excluding carboxylic acids is 1. The van der Waals surface area contributed by atoms with Gasteiger partial charge in [0.1, 0.15) is 31.0 Å². The van der Waals surface area contributed by atoms with E-state index in [2.05, 4.69) is 4.74 Å². The van der Waals surface area contributed by atoms with E-state index in [9.17, 15) is 35.4 Å².